The Morgan fingerprint density at radius 1 is 1.25 bits per heavy atom. The van der Waals surface area contributed by atoms with E-state index in [1.165, 1.54) is 6.07 Å². The summed E-state index contributed by atoms with van der Waals surface area (Å²) in [5.74, 6) is -0.915. The first kappa shape index (κ1) is 23.5. The van der Waals surface area contributed by atoms with Gasteiger partial charge >= 0.3 is 19.3 Å². The number of hydrogen-bond donors (Lipinski definition) is 3. The molecule has 2 aromatic heterocycles. The molecule has 0 spiro atoms. The molecule has 0 fully saturated rings. The minimum absolute atomic E-state index is 0.0228. The third-order valence-electron chi connectivity index (χ3n) is 5.39. The maximum atomic E-state index is 14.7. The summed E-state index contributed by atoms with van der Waals surface area (Å²) in [7, 11) is 4.50. The quantitative estimate of drug-likeness (QED) is 0.541. The van der Waals surface area contributed by atoms with Crippen molar-refractivity contribution >= 4 is 13.6 Å². The van der Waals surface area contributed by atoms with E-state index >= 15 is 0 Å². The van der Waals surface area contributed by atoms with E-state index in [2.05, 4.69) is 23.2 Å². The molecule has 2 unspecified atom stereocenters. The molecule has 6 nitrogen and oxygen atoms in total. The number of benzene rings is 1. The van der Waals surface area contributed by atoms with Crippen molar-refractivity contribution in [2.75, 3.05) is 13.2 Å². The number of aryl methyl sites for hydroxylation is 1. The Balaban J connectivity index is 0.000000913. The van der Waals surface area contributed by atoms with Crippen LogP contribution in [0.5, 0.6) is 5.75 Å². The van der Waals surface area contributed by atoms with E-state index in [1.807, 2.05) is 6.92 Å². The van der Waals surface area contributed by atoms with Gasteiger partial charge in [-0.3, -0.25) is 4.98 Å². The molecule has 0 saturated heterocycles. The number of nitrogens with two attached hydrogens (primary N) is 2. The van der Waals surface area contributed by atoms with Crippen molar-refractivity contribution in [2.45, 2.75) is 25.4 Å². The molecule has 3 heterocycles. The van der Waals surface area contributed by atoms with Crippen molar-refractivity contribution in [1.29, 1.82) is 0 Å². The first-order chi connectivity index (χ1) is 15.3. The molecule has 0 aliphatic carbocycles. The van der Waals surface area contributed by atoms with Gasteiger partial charge in [0.1, 0.15) is 28.7 Å². The zero-order valence-corrected chi connectivity index (χ0v) is 17.8. The van der Waals surface area contributed by atoms with Crippen LogP contribution in [0, 0.1) is 18.6 Å². The van der Waals surface area contributed by atoms with E-state index in [9.17, 15) is 13.9 Å². The van der Waals surface area contributed by atoms with Gasteiger partial charge in [-0.05, 0) is 42.3 Å². The predicted octanol–water partition coefficient (Wildman–Crippen LogP) is 2.29. The molecule has 2 atom stereocenters. The molecule has 0 bridgehead atoms. The first-order valence-electron chi connectivity index (χ1n) is 9.99. The molecule has 9 heteroatoms. The Kier molecular flexibility index (Phi) is 7.01. The van der Waals surface area contributed by atoms with Gasteiger partial charge in [0, 0.05) is 42.0 Å². The van der Waals surface area contributed by atoms with Gasteiger partial charge in [0.25, 0.3) is 0 Å². The topological polar surface area (TPSA) is 107 Å². The average molecular weight is 437 g/mol. The SMILES string of the molecule is Cc1cc(-c2nc(C(O)(CN)c3ccncc3)cc3c2OCC3C)c(F)cc1F.[B]=CN. The Labute approximate surface area is 186 Å². The second-order valence-corrected chi connectivity index (χ2v) is 7.56. The summed E-state index contributed by atoms with van der Waals surface area (Å²) in [5.41, 5.74) is 11.1. The van der Waals surface area contributed by atoms with Crippen LogP contribution in [-0.2, 0) is 5.60 Å². The average Bonchev–Trinajstić information content (AvgIpc) is 3.17. The third kappa shape index (κ3) is 4.26. The van der Waals surface area contributed by atoms with Gasteiger partial charge in [-0.1, -0.05) is 6.92 Å². The molecule has 1 radical (unpaired) electrons. The summed E-state index contributed by atoms with van der Waals surface area (Å²) >= 11 is 0. The molecule has 5 N–H and O–H groups in total. The van der Waals surface area contributed by atoms with Crippen LogP contribution in [0.1, 0.15) is 35.2 Å². The zero-order chi connectivity index (χ0) is 23.5. The van der Waals surface area contributed by atoms with Crippen molar-refractivity contribution in [3.05, 3.63) is 76.7 Å². The molecular formula is C23H24BF2N4O2. The van der Waals surface area contributed by atoms with E-state index in [-0.39, 0.29) is 35.0 Å². The second-order valence-electron chi connectivity index (χ2n) is 7.56. The normalized spacial score (nSPS) is 16.2. The number of fused-ring (bicyclic) bond motifs is 1. The number of ether oxygens (including phenoxy) is 1. The Hall–Kier alpha value is -3.17. The van der Waals surface area contributed by atoms with Gasteiger partial charge < -0.3 is 15.6 Å². The van der Waals surface area contributed by atoms with Crippen LogP contribution >= 0.6 is 0 Å². The molecule has 1 aliphatic rings. The summed E-state index contributed by atoms with van der Waals surface area (Å²) in [6, 6.07) is 7.30. The number of halogens is 2. The number of aromatic nitrogens is 2. The van der Waals surface area contributed by atoms with Crippen LogP contribution in [0.2, 0.25) is 0 Å². The number of nitrogens with zero attached hydrogens (tertiary/aromatic N) is 2. The van der Waals surface area contributed by atoms with E-state index in [0.29, 0.717) is 17.9 Å². The number of aliphatic hydroxyl groups is 1. The van der Waals surface area contributed by atoms with Crippen molar-refractivity contribution in [3.63, 3.8) is 0 Å². The summed E-state index contributed by atoms with van der Waals surface area (Å²) in [4.78, 5) is 8.54. The van der Waals surface area contributed by atoms with E-state index in [1.54, 1.807) is 37.5 Å². The van der Waals surface area contributed by atoms with Gasteiger partial charge in [0.2, 0.25) is 0 Å². The predicted molar refractivity (Wildman–Crippen MR) is 121 cm³/mol. The Morgan fingerprint density at radius 2 is 1.91 bits per heavy atom. The monoisotopic (exact) mass is 437 g/mol. The molecule has 1 aromatic carbocycles. The fourth-order valence-corrected chi connectivity index (χ4v) is 3.60. The molecular weight excluding hydrogens is 413 g/mol. The van der Waals surface area contributed by atoms with Crippen molar-refractivity contribution in [1.82, 2.24) is 9.97 Å². The molecule has 0 saturated carbocycles. The van der Waals surface area contributed by atoms with Crippen LogP contribution in [0.15, 0.2) is 42.7 Å². The maximum absolute atomic E-state index is 14.7. The molecule has 32 heavy (non-hydrogen) atoms. The molecule has 4 rings (SSSR count). The number of hydrogen-bond acceptors (Lipinski definition) is 6. The van der Waals surface area contributed by atoms with Crippen LogP contribution in [0.25, 0.3) is 11.3 Å². The number of pyridine rings is 2. The standard InChI is InChI=1S/C22H21F2N3O2.CH3BN/c1-12-7-16(18(24)9-17(12)23)20-21-15(13(2)10-29-21)8-19(27-20)22(28,11-25)14-3-5-26-6-4-14;2-1-3/h3-9,13,28H,10-11,25H2,1-2H3;1H,3H2. The van der Waals surface area contributed by atoms with E-state index < -0.39 is 17.2 Å². The second kappa shape index (κ2) is 9.54. The van der Waals surface area contributed by atoms with Gasteiger partial charge in [-0.2, -0.15) is 0 Å². The Morgan fingerprint density at radius 3 is 2.53 bits per heavy atom. The van der Waals surface area contributed by atoms with E-state index in [4.69, 9.17) is 10.5 Å². The minimum atomic E-state index is -1.60. The fraction of sp³-hybridized carbons (Fsp3) is 0.261. The van der Waals surface area contributed by atoms with Crippen molar-refractivity contribution < 1.29 is 18.6 Å². The van der Waals surface area contributed by atoms with Gasteiger partial charge in [-0.25, -0.2) is 13.8 Å². The van der Waals surface area contributed by atoms with Crippen LogP contribution in [0.4, 0.5) is 8.78 Å². The third-order valence-corrected chi connectivity index (χ3v) is 5.39. The van der Waals surface area contributed by atoms with E-state index in [0.717, 1.165) is 17.7 Å². The van der Waals surface area contributed by atoms with Gasteiger partial charge in [0.05, 0.1) is 12.3 Å². The van der Waals surface area contributed by atoms with Gasteiger partial charge in [-0.15, -0.1) is 0 Å². The fourth-order valence-electron chi connectivity index (χ4n) is 3.60. The summed E-state index contributed by atoms with van der Waals surface area (Å²) in [5, 5.41) is 11.4. The molecule has 3 aromatic rings. The van der Waals surface area contributed by atoms with Crippen LogP contribution < -0.4 is 16.2 Å². The van der Waals surface area contributed by atoms with Crippen LogP contribution in [-0.4, -0.2) is 41.8 Å². The zero-order valence-electron chi connectivity index (χ0n) is 17.8. The molecule has 1 aliphatic heterocycles. The van der Waals surface area contributed by atoms with Gasteiger partial charge in [0.15, 0.2) is 0 Å². The Bertz CT molecular complexity index is 1130. The molecule has 0 amide bonds. The molecule has 165 valence electrons. The number of rotatable bonds is 4. The summed E-state index contributed by atoms with van der Waals surface area (Å²) < 4.78 is 34.3. The van der Waals surface area contributed by atoms with Crippen molar-refractivity contribution in [2.24, 2.45) is 11.5 Å². The van der Waals surface area contributed by atoms with Crippen LogP contribution in [0.3, 0.4) is 0 Å². The summed E-state index contributed by atoms with van der Waals surface area (Å²) in [6.45, 7) is 3.80. The summed E-state index contributed by atoms with van der Waals surface area (Å²) in [6.07, 6.45) is 4.11. The first-order valence-corrected chi connectivity index (χ1v) is 9.99. The van der Waals surface area contributed by atoms with Crippen molar-refractivity contribution in [3.8, 4) is 17.0 Å².